The zero-order valence-corrected chi connectivity index (χ0v) is 10.2. The molecule has 0 fully saturated rings. The number of nitrogens with one attached hydrogen (secondary N) is 1. The fourth-order valence-electron chi connectivity index (χ4n) is 1.94. The van der Waals surface area contributed by atoms with Gasteiger partial charge in [-0.2, -0.15) is 0 Å². The zero-order valence-electron chi connectivity index (χ0n) is 10.2. The second kappa shape index (κ2) is 3.91. The molecule has 1 aromatic heterocycles. The first-order chi connectivity index (χ1) is 7.59. The Morgan fingerprint density at radius 1 is 1.31 bits per heavy atom. The van der Waals surface area contributed by atoms with Crippen LogP contribution >= 0.6 is 0 Å². The topological polar surface area (TPSA) is 54.7 Å². The van der Waals surface area contributed by atoms with Crippen LogP contribution < -0.4 is 5.73 Å². The number of aryl methyl sites for hydroxylation is 1. The Balaban J connectivity index is 2.54. The molecule has 0 saturated heterocycles. The van der Waals surface area contributed by atoms with Gasteiger partial charge in [0.1, 0.15) is 5.82 Å². The predicted molar refractivity (Wildman–Crippen MR) is 67.3 cm³/mol. The molecule has 0 amide bonds. The van der Waals surface area contributed by atoms with Gasteiger partial charge in [0.2, 0.25) is 0 Å². The van der Waals surface area contributed by atoms with Crippen molar-refractivity contribution in [1.29, 1.82) is 0 Å². The van der Waals surface area contributed by atoms with Crippen LogP contribution in [0.2, 0.25) is 0 Å². The van der Waals surface area contributed by atoms with E-state index in [-0.39, 0.29) is 5.54 Å². The summed E-state index contributed by atoms with van der Waals surface area (Å²) in [5, 5.41) is 0. The standard InChI is InChI=1S/C13H19N3/c1-4-13(14,5-2)12-15-10-7-6-9(3)8-11(10)16-12/h6-8H,4-5,14H2,1-3H3,(H,15,16). The molecule has 0 saturated carbocycles. The van der Waals surface area contributed by atoms with Gasteiger partial charge in [-0.05, 0) is 37.5 Å². The van der Waals surface area contributed by atoms with E-state index in [4.69, 9.17) is 5.73 Å². The van der Waals surface area contributed by atoms with E-state index in [0.717, 1.165) is 29.7 Å². The molecular formula is C13H19N3. The van der Waals surface area contributed by atoms with Crippen molar-refractivity contribution in [3.63, 3.8) is 0 Å². The molecule has 1 heterocycles. The number of imidazole rings is 1. The van der Waals surface area contributed by atoms with E-state index in [9.17, 15) is 0 Å². The van der Waals surface area contributed by atoms with Crippen molar-refractivity contribution in [3.8, 4) is 0 Å². The molecule has 3 nitrogen and oxygen atoms in total. The van der Waals surface area contributed by atoms with Crippen LogP contribution in [0.3, 0.4) is 0 Å². The smallest absolute Gasteiger partial charge is 0.127 e. The fraction of sp³-hybridized carbons (Fsp3) is 0.462. The molecule has 2 rings (SSSR count). The lowest BCUT2D eigenvalue weighted by atomic mass is 9.93. The van der Waals surface area contributed by atoms with E-state index in [1.54, 1.807) is 0 Å². The number of hydrogen-bond acceptors (Lipinski definition) is 2. The summed E-state index contributed by atoms with van der Waals surface area (Å²) in [7, 11) is 0. The number of benzene rings is 1. The number of hydrogen-bond donors (Lipinski definition) is 2. The number of nitrogens with zero attached hydrogens (tertiary/aromatic N) is 1. The summed E-state index contributed by atoms with van der Waals surface area (Å²) >= 11 is 0. The highest BCUT2D eigenvalue weighted by Gasteiger charge is 2.26. The van der Waals surface area contributed by atoms with Crippen molar-refractivity contribution in [2.45, 2.75) is 39.2 Å². The van der Waals surface area contributed by atoms with Gasteiger partial charge < -0.3 is 10.7 Å². The van der Waals surface area contributed by atoms with E-state index in [1.165, 1.54) is 5.56 Å². The van der Waals surface area contributed by atoms with Crippen molar-refractivity contribution >= 4 is 11.0 Å². The first-order valence-electron chi connectivity index (χ1n) is 5.85. The summed E-state index contributed by atoms with van der Waals surface area (Å²) in [5.74, 6) is 0.901. The minimum atomic E-state index is -0.326. The van der Waals surface area contributed by atoms with Crippen LogP contribution in [0.25, 0.3) is 11.0 Å². The zero-order chi connectivity index (χ0) is 11.8. The van der Waals surface area contributed by atoms with Crippen molar-refractivity contribution < 1.29 is 0 Å². The molecular weight excluding hydrogens is 198 g/mol. The molecule has 0 aliphatic rings. The molecule has 0 bridgehead atoms. The lowest BCUT2D eigenvalue weighted by Crippen LogP contribution is -2.36. The van der Waals surface area contributed by atoms with E-state index in [1.807, 2.05) is 6.07 Å². The number of aromatic nitrogens is 2. The van der Waals surface area contributed by atoms with Crippen LogP contribution in [0.15, 0.2) is 18.2 Å². The summed E-state index contributed by atoms with van der Waals surface area (Å²) in [4.78, 5) is 7.93. The Morgan fingerprint density at radius 3 is 2.62 bits per heavy atom. The Hall–Kier alpha value is -1.35. The van der Waals surface area contributed by atoms with E-state index in [2.05, 4.69) is 42.9 Å². The molecule has 1 aromatic carbocycles. The van der Waals surface area contributed by atoms with Crippen molar-refractivity contribution in [1.82, 2.24) is 9.97 Å². The molecule has 0 unspecified atom stereocenters. The third kappa shape index (κ3) is 1.71. The van der Waals surface area contributed by atoms with Gasteiger partial charge >= 0.3 is 0 Å². The average Bonchev–Trinajstić information content (AvgIpc) is 2.71. The third-order valence-electron chi connectivity index (χ3n) is 3.37. The molecule has 2 aromatic rings. The van der Waals surface area contributed by atoms with Gasteiger partial charge in [0.25, 0.3) is 0 Å². The van der Waals surface area contributed by atoms with E-state index < -0.39 is 0 Å². The van der Waals surface area contributed by atoms with Crippen molar-refractivity contribution in [3.05, 3.63) is 29.6 Å². The highest BCUT2D eigenvalue weighted by molar-refractivity contribution is 5.76. The molecule has 3 heteroatoms. The van der Waals surface area contributed by atoms with E-state index in [0.29, 0.717) is 0 Å². The quantitative estimate of drug-likeness (QED) is 0.830. The van der Waals surface area contributed by atoms with Crippen LogP contribution in [-0.2, 0) is 5.54 Å². The maximum Gasteiger partial charge on any atom is 0.127 e. The normalized spacial score (nSPS) is 12.2. The van der Waals surface area contributed by atoms with Gasteiger partial charge in [0.15, 0.2) is 0 Å². The molecule has 86 valence electrons. The van der Waals surface area contributed by atoms with Crippen LogP contribution in [0, 0.1) is 6.92 Å². The maximum absolute atomic E-state index is 6.33. The van der Waals surface area contributed by atoms with Crippen LogP contribution in [-0.4, -0.2) is 9.97 Å². The average molecular weight is 217 g/mol. The molecule has 16 heavy (non-hydrogen) atoms. The summed E-state index contributed by atoms with van der Waals surface area (Å²) in [6, 6.07) is 6.22. The minimum Gasteiger partial charge on any atom is -0.340 e. The number of H-pyrrole nitrogens is 1. The molecule has 0 aliphatic heterocycles. The molecule has 0 aliphatic carbocycles. The number of aromatic amines is 1. The second-order valence-corrected chi connectivity index (χ2v) is 4.47. The number of fused-ring (bicyclic) bond motifs is 1. The molecule has 0 atom stereocenters. The van der Waals surface area contributed by atoms with Crippen molar-refractivity contribution in [2.24, 2.45) is 5.73 Å². The number of nitrogens with two attached hydrogens (primary N) is 1. The Morgan fingerprint density at radius 2 is 2.00 bits per heavy atom. The van der Waals surface area contributed by atoms with E-state index >= 15 is 0 Å². The molecule has 3 N–H and O–H groups in total. The molecule has 0 radical (unpaired) electrons. The largest absolute Gasteiger partial charge is 0.340 e. The fourth-order valence-corrected chi connectivity index (χ4v) is 1.94. The number of rotatable bonds is 3. The molecule has 0 spiro atoms. The predicted octanol–water partition coefficient (Wildman–Crippen LogP) is 2.85. The second-order valence-electron chi connectivity index (χ2n) is 4.47. The Bertz CT molecular complexity index is 495. The summed E-state index contributed by atoms with van der Waals surface area (Å²) in [6.45, 7) is 6.28. The minimum absolute atomic E-state index is 0.326. The van der Waals surface area contributed by atoms with Crippen molar-refractivity contribution in [2.75, 3.05) is 0 Å². The van der Waals surface area contributed by atoms with Crippen LogP contribution in [0.4, 0.5) is 0 Å². The van der Waals surface area contributed by atoms with Gasteiger partial charge in [0, 0.05) is 0 Å². The lowest BCUT2D eigenvalue weighted by Gasteiger charge is -2.23. The monoisotopic (exact) mass is 217 g/mol. The SMILES string of the molecule is CCC(N)(CC)c1nc2ccc(C)cc2[nH]1. The summed E-state index contributed by atoms with van der Waals surface area (Å²) in [5.41, 5.74) is 9.31. The first kappa shape index (κ1) is 11.1. The Labute approximate surface area is 96.1 Å². The summed E-state index contributed by atoms with van der Waals surface area (Å²) in [6.07, 6.45) is 1.78. The Kier molecular flexibility index (Phi) is 2.72. The lowest BCUT2D eigenvalue weighted by molar-refractivity contribution is 0.392. The van der Waals surface area contributed by atoms with Gasteiger partial charge in [-0.3, -0.25) is 0 Å². The van der Waals surface area contributed by atoms with Crippen LogP contribution in [0.1, 0.15) is 38.1 Å². The van der Waals surface area contributed by atoms with Gasteiger partial charge in [0.05, 0.1) is 16.6 Å². The highest BCUT2D eigenvalue weighted by atomic mass is 15.0. The van der Waals surface area contributed by atoms with Gasteiger partial charge in [-0.25, -0.2) is 4.98 Å². The van der Waals surface area contributed by atoms with Gasteiger partial charge in [-0.1, -0.05) is 19.9 Å². The summed E-state index contributed by atoms with van der Waals surface area (Å²) < 4.78 is 0. The maximum atomic E-state index is 6.33. The van der Waals surface area contributed by atoms with Gasteiger partial charge in [-0.15, -0.1) is 0 Å². The van der Waals surface area contributed by atoms with Crippen LogP contribution in [0.5, 0.6) is 0 Å². The highest BCUT2D eigenvalue weighted by Crippen LogP contribution is 2.25. The first-order valence-corrected chi connectivity index (χ1v) is 5.85. The third-order valence-corrected chi connectivity index (χ3v) is 3.37.